The molecule has 1 amide bonds. The van der Waals surface area contributed by atoms with Crippen molar-refractivity contribution in [1.29, 1.82) is 0 Å². The monoisotopic (exact) mass is 254 g/mol. The van der Waals surface area contributed by atoms with E-state index >= 15 is 0 Å². The van der Waals surface area contributed by atoms with Gasteiger partial charge in [0.15, 0.2) is 5.69 Å². The lowest BCUT2D eigenvalue weighted by Gasteiger charge is -2.18. The predicted molar refractivity (Wildman–Crippen MR) is 64.0 cm³/mol. The van der Waals surface area contributed by atoms with Crippen LogP contribution in [0.15, 0.2) is 0 Å². The number of ether oxygens (including phenoxy) is 1. The number of likely N-dealkylation sites (N-methyl/N-ethyl adjacent to an activating group) is 1. The summed E-state index contributed by atoms with van der Waals surface area (Å²) in [6.07, 6.45) is 0. The second-order valence-electron chi connectivity index (χ2n) is 4.86. The van der Waals surface area contributed by atoms with Crippen molar-refractivity contribution >= 4 is 11.9 Å². The summed E-state index contributed by atoms with van der Waals surface area (Å²) in [6.45, 7) is 7.01. The highest BCUT2D eigenvalue weighted by atomic mass is 16.6. The van der Waals surface area contributed by atoms with Gasteiger partial charge in [0.25, 0.3) is 0 Å². The molecule has 0 aliphatic rings. The molecule has 0 fully saturated rings. The maximum Gasteiger partial charge on any atom is 0.361 e. The third kappa shape index (κ3) is 3.54. The molecule has 1 aromatic heterocycles. The van der Waals surface area contributed by atoms with Gasteiger partial charge in [-0.25, -0.2) is 9.48 Å². The number of aromatic nitrogens is 3. The quantitative estimate of drug-likeness (QED) is 0.783. The molecule has 18 heavy (non-hydrogen) atoms. The molecule has 0 unspecified atom stereocenters. The molecule has 1 rings (SSSR count). The molecule has 0 saturated heterocycles. The van der Waals surface area contributed by atoms with E-state index in [1.165, 1.54) is 11.7 Å². The number of esters is 1. The molecule has 7 nitrogen and oxygen atoms in total. The first-order chi connectivity index (χ1) is 8.24. The fourth-order valence-corrected chi connectivity index (χ4v) is 1.24. The number of carbonyl (C=O) groups is 2. The van der Waals surface area contributed by atoms with Crippen molar-refractivity contribution in [2.45, 2.75) is 39.8 Å². The fraction of sp³-hybridized carbons (Fsp3) is 0.636. The van der Waals surface area contributed by atoms with Crippen LogP contribution in [-0.4, -0.2) is 39.5 Å². The molecule has 0 spiro atoms. The number of nitrogens with zero attached hydrogens (tertiary/aromatic N) is 3. The van der Waals surface area contributed by atoms with Crippen LogP contribution in [-0.2, 0) is 16.1 Å². The number of nitrogens with one attached hydrogen (secondary N) is 1. The molecule has 1 aromatic rings. The largest absolute Gasteiger partial charge is 0.455 e. The van der Waals surface area contributed by atoms with Crippen LogP contribution in [0.5, 0.6) is 0 Å². The van der Waals surface area contributed by atoms with E-state index in [2.05, 4.69) is 15.6 Å². The van der Waals surface area contributed by atoms with Crippen molar-refractivity contribution in [3.8, 4) is 0 Å². The summed E-state index contributed by atoms with van der Waals surface area (Å²) in [5, 5.41) is 9.98. The van der Waals surface area contributed by atoms with Gasteiger partial charge in [-0.1, -0.05) is 5.21 Å². The van der Waals surface area contributed by atoms with Gasteiger partial charge >= 0.3 is 5.97 Å². The molecule has 0 atom stereocenters. The zero-order chi connectivity index (χ0) is 13.9. The highest BCUT2D eigenvalue weighted by Gasteiger charge is 2.23. The van der Waals surface area contributed by atoms with E-state index in [-0.39, 0.29) is 18.1 Å². The first kappa shape index (κ1) is 14.1. The van der Waals surface area contributed by atoms with Gasteiger partial charge in [0, 0.05) is 7.05 Å². The Labute approximate surface area is 105 Å². The average molecular weight is 254 g/mol. The SMILES string of the molecule is CNC(=O)Cn1nnc(C(=O)OC(C)(C)C)c1C. The Morgan fingerprint density at radius 1 is 1.39 bits per heavy atom. The number of carbonyl (C=O) groups excluding carboxylic acids is 2. The van der Waals surface area contributed by atoms with Gasteiger partial charge in [-0.2, -0.15) is 0 Å². The van der Waals surface area contributed by atoms with Gasteiger partial charge in [-0.3, -0.25) is 4.79 Å². The Balaban J connectivity index is 2.86. The Morgan fingerprint density at radius 2 is 2.00 bits per heavy atom. The number of hydrogen-bond donors (Lipinski definition) is 1. The summed E-state index contributed by atoms with van der Waals surface area (Å²) in [5.74, 6) is -0.748. The van der Waals surface area contributed by atoms with E-state index in [0.717, 1.165) is 0 Å². The number of amides is 1. The molecule has 1 heterocycles. The average Bonchev–Trinajstić information content (AvgIpc) is 2.58. The highest BCUT2D eigenvalue weighted by Crippen LogP contribution is 2.12. The van der Waals surface area contributed by atoms with E-state index in [1.54, 1.807) is 27.7 Å². The van der Waals surface area contributed by atoms with Crippen molar-refractivity contribution < 1.29 is 14.3 Å². The molecule has 100 valence electrons. The lowest BCUT2D eigenvalue weighted by molar-refractivity contribution is -0.121. The normalized spacial score (nSPS) is 11.2. The fourth-order valence-electron chi connectivity index (χ4n) is 1.24. The van der Waals surface area contributed by atoms with Crippen LogP contribution in [0.4, 0.5) is 0 Å². The van der Waals surface area contributed by atoms with Crippen molar-refractivity contribution in [1.82, 2.24) is 20.3 Å². The summed E-state index contributed by atoms with van der Waals surface area (Å²) < 4.78 is 6.55. The number of hydrogen-bond acceptors (Lipinski definition) is 5. The standard InChI is InChI=1S/C11H18N4O3/c1-7-9(10(17)18-11(2,3)4)13-14-15(7)6-8(16)12-5/h6H2,1-5H3,(H,12,16). The van der Waals surface area contributed by atoms with Crippen LogP contribution in [0.2, 0.25) is 0 Å². The van der Waals surface area contributed by atoms with Gasteiger partial charge in [0.2, 0.25) is 5.91 Å². The van der Waals surface area contributed by atoms with Crippen molar-refractivity contribution in [2.24, 2.45) is 0 Å². The van der Waals surface area contributed by atoms with Crippen molar-refractivity contribution in [3.05, 3.63) is 11.4 Å². The van der Waals surface area contributed by atoms with Gasteiger partial charge in [-0.05, 0) is 27.7 Å². The second-order valence-corrected chi connectivity index (χ2v) is 4.86. The summed E-state index contributed by atoms with van der Waals surface area (Å²) in [6, 6.07) is 0. The molecule has 7 heteroatoms. The van der Waals surface area contributed by atoms with E-state index < -0.39 is 11.6 Å². The van der Waals surface area contributed by atoms with Crippen LogP contribution in [0.1, 0.15) is 37.0 Å². The molecule has 0 aliphatic heterocycles. The molecule has 0 radical (unpaired) electrons. The maximum atomic E-state index is 11.8. The Kier molecular flexibility index (Phi) is 4.05. The minimum Gasteiger partial charge on any atom is -0.455 e. The molecule has 0 aliphatic carbocycles. The molecular formula is C11H18N4O3. The van der Waals surface area contributed by atoms with E-state index in [0.29, 0.717) is 5.69 Å². The van der Waals surface area contributed by atoms with E-state index in [9.17, 15) is 9.59 Å². The Hall–Kier alpha value is -1.92. The topological polar surface area (TPSA) is 86.1 Å². The summed E-state index contributed by atoms with van der Waals surface area (Å²) >= 11 is 0. The van der Waals surface area contributed by atoms with Gasteiger partial charge in [-0.15, -0.1) is 5.10 Å². The third-order valence-corrected chi connectivity index (χ3v) is 2.15. The molecule has 0 aromatic carbocycles. The minimum absolute atomic E-state index is 0.0259. The van der Waals surface area contributed by atoms with Crippen LogP contribution < -0.4 is 5.32 Å². The second kappa shape index (κ2) is 5.16. The summed E-state index contributed by atoms with van der Waals surface area (Å²) in [4.78, 5) is 23.0. The van der Waals surface area contributed by atoms with Crippen molar-refractivity contribution in [2.75, 3.05) is 7.05 Å². The molecular weight excluding hydrogens is 236 g/mol. The molecule has 1 N–H and O–H groups in total. The lowest BCUT2D eigenvalue weighted by atomic mass is 10.2. The van der Waals surface area contributed by atoms with Gasteiger partial charge < -0.3 is 10.1 Å². The zero-order valence-corrected chi connectivity index (χ0v) is 11.3. The van der Waals surface area contributed by atoms with Crippen LogP contribution in [0, 0.1) is 6.92 Å². The molecule has 0 bridgehead atoms. The minimum atomic E-state index is -0.589. The Morgan fingerprint density at radius 3 is 2.50 bits per heavy atom. The van der Waals surface area contributed by atoms with E-state index in [4.69, 9.17) is 4.74 Å². The van der Waals surface area contributed by atoms with Gasteiger partial charge in [0.05, 0.1) is 5.69 Å². The van der Waals surface area contributed by atoms with E-state index in [1.807, 2.05) is 0 Å². The smallest absolute Gasteiger partial charge is 0.361 e. The predicted octanol–water partition coefficient (Wildman–Crippen LogP) is 0.288. The molecule has 0 saturated carbocycles. The maximum absolute atomic E-state index is 11.8. The first-order valence-corrected chi connectivity index (χ1v) is 5.58. The first-order valence-electron chi connectivity index (χ1n) is 5.58. The van der Waals surface area contributed by atoms with Crippen LogP contribution in [0.25, 0.3) is 0 Å². The van der Waals surface area contributed by atoms with Crippen LogP contribution >= 0.6 is 0 Å². The zero-order valence-electron chi connectivity index (χ0n) is 11.3. The lowest BCUT2D eigenvalue weighted by Crippen LogP contribution is -2.26. The van der Waals surface area contributed by atoms with Crippen molar-refractivity contribution in [3.63, 3.8) is 0 Å². The third-order valence-electron chi connectivity index (χ3n) is 2.15. The summed E-state index contributed by atoms with van der Waals surface area (Å²) in [5.41, 5.74) is 0.0513. The van der Waals surface area contributed by atoms with Gasteiger partial charge in [0.1, 0.15) is 12.1 Å². The van der Waals surface area contributed by atoms with Crippen LogP contribution in [0.3, 0.4) is 0 Å². The summed E-state index contributed by atoms with van der Waals surface area (Å²) in [7, 11) is 1.53. The Bertz CT molecular complexity index is 459. The highest BCUT2D eigenvalue weighted by molar-refractivity contribution is 5.88. The number of rotatable bonds is 3.